The lowest BCUT2D eigenvalue weighted by atomic mass is 9.77. The smallest absolute Gasteiger partial charge is 0.287 e. The summed E-state index contributed by atoms with van der Waals surface area (Å²) >= 11 is 3.45. The molecule has 5 nitrogen and oxygen atoms in total. The number of ether oxygens (including phenoxy) is 1. The summed E-state index contributed by atoms with van der Waals surface area (Å²) < 4.78 is 13.4. The van der Waals surface area contributed by atoms with Gasteiger partial charge in [0.15, 0.2) is 5.76 Å². The van der Waals surface area contributed by atoms with Crippen molar-refractivity contribution >= 4 is 32.8 Å². The van der Waals surface area contributed by atoms with Gasteiger partial charge >= 0.3 is 0 Å². The van der Waals surface area contributed by atoms with E-state index in [9.17, 15) is 9.90 Å². The fourth-order valence-corrected chi connectivity index (χ4v) is 5.58. The van der Waals surface area contributed by atoms with Crippen LogP contribution in [0.4, 0.5) is 0 Å². The first-order valence-electron chi connectivity index (χ1n) is 10.9. The van der Waals surface area contributed by atoms with Crippen LogP contribution in [0.3, 0.4) is 0 Å². The molecule has 1 saturated carbocycles. The van der Waals surface area contributed by atoms with Crippen LogP contribution in [0.2, 0.25) is 0 Å². The number of aryl methyl sites for hydroxylation is 1. The quantitative estimate of drug-likeness (QED) is 0.482. The summed E-state index contributed by atoms with van der Waals surface area (Å²) in [7, 11) is 0. The molecule has 1 fully saturated rings. The molecule has 2 aromatic carbocycles. The third-order valence-corrected chi connectivity index (χ3v) is 7.13. The maximum absolute atomic E-state index is 12.9. The number of carbonyl (C=O) groups is 1. The van der Waals surface area contributed by atoms with E-state index >= 15 is 0 Å². The van der Waals surface area contributed by atoms with Crippen molar-refractivity contribution in [3.05, 3.63) is 63.3 Å². The van der Waals surface area contributed by atoms with Crippen LogP contribution in [0.15, 0.2) is 45.3 Å². The summed E-state index contributed by atoms with van der Waals surface area (Å²) in [6.07, 6.45) is 5.43. The molecule has 2 N–H and O–H groups in total. The lowest BCUT2D eigenvalue weighted by Gasteiger charge is -2.43. The van der Waals surface area contributed by atoms with Crippen molar-refractivity contribution in [2.24, 2.45) is 0 Å². The minimum absolute atomic E-state index is 0.264. The van der Waals surface area contributed by atoms with Crippen molar-refractivity contribution in [2.75, 3.05) is 0 Å². The normalized spacial score (nSPS) is 19.8. The lowest BCUT2D eigenvalue weighted by molar-refractivity contribution is -0.0373. The predicted molar refractivity (Wildman–Crippen MR) is 122 cm³/mol. The number of furan rings is 1. The number of halogens is 1. The number of benzene rings is 2. The van der Waals surface area contributed by atoms with Gasteiger partial charge in [-0.25, -0.2) is 0 Å². The van der Waals surface area contributed by atoms with Gasteiger partial charge in [0.2, 0.25) is 0 Å². The van der Waals surface area contributed by atoms with Gasteiger partial charge in [0.1, 0.15) is 16.9 Å². The minimum Gasteiger partial charge on any atom is -0.487 e. The van der Waals surface area contributed by atoms with E-state index in [0.29, 0.717) is 18.5 Å². The maximum atomic E-state index is 12.9. The second-order valence-corrected chi connectivity index (χ2v) is 9.70. The van der Waals surface area contributed by atoms with Crippen LogP contribution in [-0.4, -0.2) is 16.6 Å². The number of fused-ring (bicyclic) bond motifs is 3. The van der Waals surface area contributed by atoms with E-state index in [1.807, 2.05) is 43.3 Å². The fourth-order valence-electron chi connectivity index (χ4n) is 5.13. The fraction of sp³-hybridized carbons (Fsp3) is 0.400. The highest BCUT2D eigenvalue weighted by atomic mass is 79.9. The van der Waals surface area contributed by atoms with Crippen molar-refractivity contribution in [1.29, 1.82) is 0 Å². The highest BCUT2D eigenvalue weighted by Crippen LogP contribution is 2.49. The first kappa shape index (κ1) is 20.6. The Morgan fingerprint density at radius 2 is 2.03 bits per heavy atom. The average molecular weight is 484 g/mol. The number of aliphatic hydroxyl groups excluding tert-OH is 1. The van der Waals surface area contributed by atoms with Gasteiger partial charge in [-0.05, 0) is 62.4 Å². The Balaban J connectivity index is 1.45. The Morgan fingerprint density at radius 1 is 1.23 bits per heavy atom. The first-order valence-corrected chi connectivity index (χ1v) is 11.7. The zero-order valence-corrected chi connectivity index (χ0v) is 19.1. The molecule has 5 rings (SSSR count). The first-order chi connectivity index (χ1) is 15.0. The van der Waals surface area contributed by atoms with E-state index in [1.54, 1.807) is 0 Å². The number of amides is 1. The Hall–Kier alpha value is -2.31. The maximum Gasteiger partial charge on any atom is 0.287 e. The number of rotatable bonds is 3. The summed E-state index contributed by atoms with van der Waals surface area (Å²) in [6, 6.07) is 11.5. The summed E-state index contributed by atoms with van der Waals surface area (Å²) in [5.74, 6) is 0.735. The van der Waals surface area contributed by atoms with Crippen molar-refractivity contribution in [3.8, 4) is 5.75 Å². The molecule has 1 amide bonds. The van der Waals surface area contributed by atoms with Crippen molar-refractivity contribution in [1.82, 2.24) is 5.32 Å². The number of hydrogen-bond donors (Lipinski definition) is 2. The summed E-state index contributed by atoms with van der Waals surface area (Å²) in [6.45, 7) is 2.28. The Morgan fingerprint density at radius 3 is 2.81 bits per heavy atom. The second kappa shape index (κ2) is 7.99. The summed E-state index contributed by atoms with van der Waals surface area (Å²) in [5.41, 5.74) is 2.82. The van der Waals surface area contributed by atoms with E-state index in [-0.39, 0.29) is 17.3 Å². The molecule has 1 atom stereocenters. The van der Waals surface area contributed by atoms with E-state index in [2.05, 4.69) is 21.2 Å². The molecule has 162 valence electrons. The number of nitrogens with one attached hydrogen (secondary N) is 1. The number of aliphatic hydroxyl groups is 1. The molecule has 2 aliphatic rings. The molecule has 1 aliphatic carbocycles. The summed E-state index contributed by atoms with van der Waals surface area (Å²) in [5, 5.41) is 14.8. The van der Waals surface area contributed by atoms with Crippen molar-refractivity contribution < 1.29 is 19.1 Å². The molecule has 6 heteroatoms. The number of carbonyl (C=O) groups excluding carboxylic acids is 1. The van der Waals surface area contributed by atoms with Crippen LogP contribution < -0.4 is 10.1 Å². The van der Waals surface area contributed by atoms with Crippen LogP contribution in [0, 0.1) is 6.92 Å². The Bertz CT molecular complexity index is 1150. The zero-order valence-electron chi connectivity index (χ0n) is 17.5. The standard InChI is InChI=1S/C25H26BrNO4/c1-15-21-19(30-23(15)24(29)27-14-16-6-5-7-17(26)12-16)8-9-20-22(21)18(28)13-25(31-20)10-3-2-4-11-25/h5-9,12,18,28H,2-4,10-11,13-14H2,1H3,(H,27,29)/t18-/m0/s1. The third-order valence-electron chi connectivity index (χ3n) is 6.63. The van der Waals surface area contributed by atoms with Gasteiger partial charge in [-0.1, -0.05) is 34.5 Å². The molecule has 0 saturated heterocycles. The Kier molecular flexibility index (Phi) is 5.30. The van der Waals surface area contributed by atoms with Crippen LogP contribution in [0.5, 0.6) is 5.75 Å². The van der Waals surface area contributed by atoms with Gasteiger partial charge in [-0.2, -0.15) is 0 Å². The van der Waals surface area contributed by atoms with Crippen LogP contribution >= 0.6 is 15.9 Å². The molecular weight excluding hydrogens is 458 g/mol. The third kappa shape index (κ3) is 3.76. The van der Waals surface area contributed by atoms with Crippen molar-refractivity contribution in [2.45, 2.75) is 63.7 Å². The topological polar surface area (TPSA) is 71.7 Å². The monoisotopic (exact) mass is 483 g/mol. The molecule has 3 aromatic rings. The van der Waals surface area contributed by atoms with Gasteiger partial charge < -0.3 is 19.6 Å². The van der Waals surface area contributed by atoms with E-state index in [4.69, 9.17) is 9.15 Å². The SMILES string of the molecule is Cc1c(C(=O)NCc2cccc(Br)c2)oc2ccc3c(c12)[C@@H](O)CC1(CCCCC1)O3. The molecule has 1 spiro atoms. The van der Waals surface area contributed by atoms with Gasteiger partial charge in [0, 0.05) is 34.0 Å². The van der Waals surface area contributed by atoms with Gasteiger partial charge in [0.05, 0.1) is 6.10 Å². The molecular formula is C25H26BrNO4. The zero-order chi connectivity index (χ0) is 21.6. The molecule has 0 unspecified atom stereocenters. The van der Waals surface area contributed by atoms with Crippen LogP contribution in [0.1, 0.15) is 71.9 Å². The largest absolute Gasteiger partial charge is 0.487 e. The van der Waals surface area contributed by atoms with E-state index in [1.165, 1.54) is 6.42 Å². The van der Waals surface area contributed by atoms with Gasteiger partial charge in [-0.3, -0.25) is 4.79 Å². The van der Waals surface area contributed by atoms with E-state index < -0.39 is 6.10 Å². The Labute approximate surface area is 189 Å². The molecule has 31 heavy (non-hydrogen) atoms. The van der Waals surface area contributed by atoms with Gasteiger partial charge in [0.25, 0.3) is 5.91 Å². The average Bonchev–Trinajstić information content (AvgIpc) is 3.09. The molecule has 0 bridgehead atoms. The molecule has 1 aromatic heterocycles. The predicted octanol–water partition coefficient (Wildman–Crippen LogP) is 5.95. The highest BCUT2D eigenvalue weighted by Gasteiger charge is 2.42. The van der Waals surface area contributed by atoms with Crippen LogP contribution in [0.25, 0.3) is 11.0 Å². The molecule has 2 heterocycles. The highest BCUT2D eigenvalue weighted by molar-refractivity contribution is 9.10. The number of hydrogen-bond acceptors (Lipinski definition) is 4. The van der Waals surface area contributed by atoms with Crippen molar-refractivity contribution in [3.63, 3.8) is 0 Å². The molecule has 1 aliphatic heterocycles. The lowest BCUT2D eigenvalue weighted by Crippen LogP contribution is -2.42. The van der Waals surface area contributed by atoms with Crippen LogP contribution in [-0.2, 0) is 6.54 Å². The molecule has 0 radical (unpaired) electrons. The second-order valence-electron chi connectivity index (χ2n) is 8.78. The van der Waals surface area contributed by atoms with Gasteiger partial charge in [-0.15, -0.1) is 0 Å². The minimum atomic E-state index is -0.626. The van der Waals surface area contributed by atoms with E-state index in [0.717, 1.165) is 58.0 Å². The summed E-state index contributed by atoms with van der Waals surface area (Å²) in [4.78, 5) is 12.9.